The van der Waals surface area contributed by atoms with Crippen LogP contribution in [0.4, 0.5) is 0 Å². The Labute approximate surface area is 95.3 Å². The van der Waals surface area contributed by atoms with Crippen LogP contribution in [0.2, 0.25) is 0 Å². The second-order valence-corrected chi connectivity index (χ2v) is 5.67. The maximum absolute atomic E-state index is 11.5. The summed E-state index contributed by atoms with van der Waals surface area (Å²) in [7, 11) is 0. The van der Waals surface area contributed by atoms with Gasteiger partial charge in [0.2, 0.25) is 0 Å². The van der Waals surface area contributed by atoms with E-state index in [0.29, 0.717) is 0 Å². The summed E-state index contributed by atoms with van der Waals surface area (Å²) in [4.78, 5) is 22.9. The van der Waals surface area contributed by atoms with Gasteiger partial charge in [-0.2, -0.15) is 0 Å². The first-order valence-corrected chi connectivity index (χ1v) is 5.77. The highest BCUT2D eigenvalue weighted by Crippen LogP contribution is 2.44. The van der Waals surface area contributed by atoms with Crippen LogP contribution in [0.3, 0.4) is 0 Å². The minimum absolute atomic E-state index is 0.0679. The van der Waals surface area contributed by atoms with Crippen LogP contribution in [0, 0.1) is 17.3 Å². The molecule has 0 amide bonds. The predicted molar refractivity (Wildman–Crippen MR) is 56.5 cm³/mol. The van der Waals surface area contributed by atoms with E-state index in [1.807, 2.05) is 20.8 Å². The zero-order valence-corrected chi connectivity index (χ0v) is 9.99. The average molecular weight is 226 g/mol. The smallest absolute Gasteiger partial charge is 0.311 e. The maximum atomic E-state index is 11.5. The van der Waals surface area contributed by atoms with E-state index in [-0.39, 0.29) is 36.5 Å². The van der Waals surface area contributed by atoms with E-state index in [2.05, 4.69) is 0 Å². The summed E-state index contributed by atoms with van der Waals surface area (Å²) in [5.41, 5.74) is -0.498. The van der Waals surface area contributed by atoms with Gasteiger partial charge >= 0.3 is 11.9 Å². The van der Waals surface area contributed by atoms with Crippen LogP contribution in [0.15, 0.2) is 0 Å². The van der Waals surface area contributed by atoms with E-state index in [1.165, 1.54) is 0 Å². The van der Waals surface area contributed by atoms with Crippen molar-refractivity contribution in [1.29, 1.82) is 0 Å². The molecule has 2 fully saturated rings. The molecule has 1 aliphatic heterocycles. The van der Waals surface area contributed by atoms with Crippen molar-refractivity contribution in [1.82, 2.24) is 0 Å². The molecule has 2 rings (SSSR count). The molecule has 0 spiro atoms. The highest BCUT2D eigenvalue weighted by atomic mass is 16.6. The number of fused-ring (bicyclic) bond motifs is 1. The van der Waals surface area contributed by atoms with Gasteiger partial charge in [0.15, 0.2) is 0 Å². The van der Waals surface area contributed by atoms with Crippen LogP contribution >= 0.6 is 0 Å². The SMILES string of the molecule is CC(C)(C)C(=O)OC[C@H]1OC(=O)[C@H]2CC[C@H]21. The zero-order valence-electron chi connectivity index (χ0n) is 9.99. The summed E-state index contributed by atoms with van der Waals surface area (Å²) in [6, 6.07) is 0. The Hall–Kier alpha value is -1.06. The minimum atomic E-state index is -0.498. The molecule has 0 N–H and O–H groups in total. The lowest BCUT2D eigenvalue weighted by molar-refractivity contribution is -0.160. The quantitative estimate of drug-likeness (QED) is 0.670. The molecule has 0 bridgehead atoms. The van der Waals surface area contributed by atoms with E-state index in [1.54, 1.807) is 0 Å². The zero-order chi connectivity index (χ0) is 11.9. The maximum Gasteiger partial charge on any atom is 0.311 e. The van der Waals surface area contributed by atoms with Crippen LogP contribution in [-0.2, 0) is 19.1 Å². The van der Waals surface area contributed by atoms with Gasteiger partial charge in [-0.05, 0) is 33.6 Å². The molecule has 4 heteroatoms. The summed E-state index contributed by atoms with van der Waals surface area (Å²) in [6.45, 7) is 5.63. The molecule has 0 unspecified atom stereocenters. The first kappa shape index (κ1) is 11.4. The molecular formula is C12H18O4. The number of ether oxygens (including phenoxy) is 2. The van der Waals surface area contributed by atoms with Crippen LogP contribution < -0.4 is 0 Å². The van der Waals surface area contributed by atoms with Crippen LogP contribution in [0.25, 0.3) is 0 Å². The molecule has 4 nitrogen and oxygen atoms in total. The third-order valence-electron chi connectivity index (χ3n) is 3.37. The van der Waals surface area contributed by atoms with Crippen molar-refractivity contribution in [3.63, 3.8) is 0 Å². The lowest BCUT2D eigenvalue weighted by Gasteiger charge is -2.29. The highest BCUT2D eigenvalue weighted by Gasteiger charge is 2.50. The van der Waals surface area contributed by atoms with Crippen molar-refractivity contribution in [3.05, 3.63) is 0 Å². The van der Waals surface area contributed by atoms with Gasteiger partial charge in [0.05, 0.1) is 11.3 Å². The van der Waals surface area contributed by atoms with Gasteiger partial charge in [0, 0.05) is 5.92 Å². The molecule has 1 saturated carbocycles. The molecule has 2 aliphatic rings. The standard InChI is InChI=1S/C12H18O4/c1-12(2,3)11(14)15-6-9-7-4-5-8(7)10(13)16-9/h7-9H,4-6H2,1-3H3/t7-,8+,9-/m1/s1. The summed E-state index contributed by atoms with van der Waals surface area (Å²) >= 11 is 0. The van der Waals surface area contributed by atoms with Crippen molar-refractivity contribution < 1.29 is 19.1 Å². The largest absolute Gasteiger partial charge is 0.461 e. The normalized spacial score (nSPS) is 32.7. The van der Waals surface area contributed by atoms with E-state index >= 15 is 0 Å². The van der Waals surface area contributed by atoms with Gasteiger partial charge in [-0.3, -0.25) is 9.59 Å². The number of hydrogen-bond acceptors (Lipinski definition) is 4. The summed E-state index contributed by atoms with van der Waals surface area (Å²) in [5.74, 6) is -0.0158. The molecule has 16 heavy (non-hydrogen) atoms. The third kappa shape index (κ3) is 1.93. The summed E-state index contributed by atoms with van der Waals surface area (Å²) in [5, 5.41) is 0. The molecule has 0 aromatic heterocycles. The average Bonchev–Trinajstić information content (AvgIpc) is 2.29. The fourth-order valence-corrected chi connectivity index (χ4v) is 2.12. The first-order valence-electron chi connectivity index (χ1n) is 5.77. The number of carbonyl (C=O) groups excluding carboxylic acids is 2. The van der Waals surface area contributed by atoms with Crippen LogP contribution in [0.5, 0.6) is 0 Å². The number of rotatable bonds is 2. The monoisotopic (exact) mass is 226 g/mol. The van der Waals surface area contributed by atoms with Crippen LogP contribution in [-0.4, -0.2) is 24.6 Å². The Kier molecular flexibility index (Phi) is 2.68. The molecule has 90 valence electrons. The number of cyclic esters (lactones) is 1. The van der Waals surface area contributed by atoms with Crippen molar-refractivity contribution in [3.8, 4) is 0 Å². The van der Waals surface area contributed by atoms with Gasteiger partial charge in [-0.25, -0.2) is 0 Å². The highest BCUT2D eigenvalue weighted by molar-refractivity contribution is 5.77. The number of carbonyl (C=O) groups is 2. The van der Waals surface area contributed by atoms with Crippen molar-refractivity contribution in [2.24, 2.45) is 17.3 Å². The molecule has 1 heterocycles. The predicted octanol–water partition coefficient (Wildman–Crippen LogP) is 1.53. The summed E-state index contributed by atoms with van der Waals surface area (Å²) in [6.07, 6.45) is 1.72. The lowest BCUT2D eigenvalue weighted by Crippen LogP contribution is -2.34. The third-order valence-corrected chi connectivity index (χ3v) is 3.37. The Morgan fingerprint density at radius 1 is 1.44 bits per heavy atom. The Balaban J connectivity index is 1.83. The number of esters is 2. The second-order valence-electron chi connectivity index (χ2n) is 5.67. The molecule has 1 aliphatic carbocycles. The van der Waals surface area contributed by atoms with E-state index < -0.39 is 5.41 Å². The fraction of sp³-hybridized carbons (Fsp3) is 0.833. The molecular weight excluding hydrogens is 208 g/mol. The van der Waals surface area contributed by atoms with Crippen LogP contribution in [0.1, 0.15) is 33.6 Å². The Bertz CT molecular complexity index is 315. The second kappa shape index (κ2) is 3.75. The Morgan fingerprint density at radius 3 is 2.56 bits per heavy atom. The molecule has 3 atom stereocenters. The minimum Gasteiger partial charge on any atom is -0.461 e. The van der Waals surface area contributed by atoms with E-state index in [9.17, 15) is 9.59 Å². The van der Waals surface area contributed by atoms with Gasteiger partial charge < -0.3 is 9.47 Å². The Morgan fingerprint density at radius 2 is 2.12 bits per heavy atom. The lowest BCUT2D eigenvalue weighted by atomic mass is 9.73. The van der Waals surface area contributed by atoms with Gasteiger partial charge in [-0.1, -0.05) is 0 Å². The molecule has 0 radical (unpaired) electrons. The fourth-order valence-electron chi connectivity index (χ4n) is 2.12. The van der Waals surface area contributed by atoms with Crippen molar-refractivity contribution in [2.45, 2.75) is 39.7 Å². The molecule has 1 saturated heterocycles. The van der Waals surface area contributed by atoms with Gasteiger partial charge in [0.1, 0.15) is 12.7 Å². The van der Waals surface area contributed by atoms with Crippen molar-refractivity contribution in [2.75, 3.05) is 6.61 Å². The van der Waals surface area contributed by atoms with E-state index in [0.717, 1.165) is 12.8 Å². The molecule has 0 aromatic carbocycles. The van der Waals surface area contributed by atoms with Gasteiger partial charge in [-0.15, -0.1) is 0 Å². The number of hydrogen-bond donors (Lipinski definition) is 0. The first-order chi connectivity index (χ1) is 7.39. The molecule has 0 aromatic rings. The topological polar surface area (TPSA) is 52.6 Å². The summed E-state index contributed by atoms with van der Waals surface area (Å²) < 4.78 is 10.4. The van der Waals surface area contributed by atoms with E-state index in [4.69, 9.17) is 9.47 Å². The van der Waals surface area contributed by atoms with Crippen molar-refractivity contribution >= 4 is 11.9 Å². The van der Waals surface area contributed by atoms with Gasteiger partial charge in [0.25, 0.3) is 0 Å².